The van der Waals surface area contributed by atoms with Crippen LogP contribution in [0.3, 0.4) is 0 Å². The lowest BCUT2D eigenvalue weighted by molar-refractivity contribution is 0.0697. The number of halogens is 1. The van der Waals surface area contributed by atoms with Crippen molar-refractivity contribution in [2.45, 2.75) is 0 Å². The van der Waals surface area contributed by atoms with Crippen LogP contribution in [0.1, 0.15) is 26.3 Å². The lowest BCUT2D eigenvalue weighted by atomic mass is 10.0. The summed E-state index contributed by atoms with van der Waals surface area (Å²) in [5, 5.41) is 8.90. The van der Waals surface area contributed by atoms with Gasteiger partial charge < -0.3 is 5.11 Å². The van der Waals surface area contributed by atoms with Crippen LogP contribution in [0.15, 0.2) is 53.0 Å². The summed E-state index contributed by atoms with van der Waals surface area (Å²) in [7, 11) is 0. The molecule has 0 aromatic heterocycles. The van der Waals surface area contributed by atoms with Gasteiger partial charge in [-0.3, -0.25) is 4.79 Å². The van der Waals surface area contributed by atoms with Gasteiger partial charge in [0.15, 0.2) is 5.78 Å². The van der Waals surface area contributed by atoms with Crippen LogP contribution in [0.2, 0.25) is 0 Å². The molecule has 2 aromatic rings. The van der Waals surface area contributed by atoms with Crippen molar-refractivity contribution in [3.05, 3.63) is 69.7 Å². The van der Waals surface area contributed by atoms with E-state index in [9.17, 15) is 9.59 Å². The zero-order chi connectivity index (χ0) is 13.1. The van der Waals surface area contributed by atoms with Crippen molar-refractivity contribution in [1.29, 1.82) is 0 Å². The third-order valence-corrected chi connectivity index (χ3v) is 3.18. The van der Waals surface area contributed by atoms with Gasteiger partial charge in [-0.15, -0.1) is 0 Å². The molecule has 3 nitrogen and oxygen atoms in total. The molecule has 0 heterocycles. The number of carboxylic acids is 1. The average molecular weight is 305 g/mol. The summed E-state index contributed by atoms with van der Waals surface area (Å²) >= 11 is 3.30. The fraction of sp³-hybridized carbons (Fsp3) is 0. The molecule has 0 aliphatic heterocycles. The summed E-state index contributed by atoms with van der Waals surface area (Å²) in [6.45, 7) is 0. The zero-order valence-corrected chi connectivity index (χ0v) is 10.8. The van der Waals surface area contributed by atoms with E-state index < -0.39 is 5.97 Å². The van der Waals surface area contributed by atoms with Gasteiger partial charge in [-0.2, -0.15) is 0 Å². The van der Waals surface area contributed by atoms with Gasteiger partial charge in [0.05, 0.1) is 5.56 Å². The molecule has 0 bridgehead atoms. The van der Waals surface area contributed by atoms with Crippen molar-refractivity contribution in [1.82, 2.24) is 0 Å². The highest BCUT2D eigenvalue weighted by molar-refractivity contribution is 9.10. The van der Waals surface area contributed by atoms with Crippen molar-refractivity contribution in [3.8, 4) is 0 Å². The number of hydrogen-bond donors (Lipinski definition) is 1. The van der Waals surface area contributed by atoms with E-state index in [0.29, 0.717) is 15.6 Å². The monoisotopic (exact) mass is 304 g/mol. The van der Waals surface area contributed by atoms with E-state index in [2.05, 4.69) is 15.9 Å². The van der Waals surface area contributed by atoms with E-state index in [4.69, 9.17) is 5.11 Å². The molecule has 2 rings (SSSR count). The van der Waals surface area contributed by atoms with Gasteiger partial charge in [0.25, 0.3) is 0 Å². The van der Waals surface area contributed by atoms with Crippen molar-refractivity contribution in [2.75, 3.05) is 0 Å². The maximum absolute atomic E-state index is 12.2. The molecule has 2 aromatic carbocycles. The van der Waals surface area contributed by atoms with Crippen LogP contribution in [0.4, 0.5) is 0 Å². The molecule has 0 spiro atoms. The van der Waals surface area contributed by atoms with Gasteiger partial charge in [0.1, 0.15) is 0 Å². The van der Waals surface area contributed by atoms with Crippen LogP contribution in [0.5, 0.6) is 0 Å². The average Bonchev–Trinajstić information content (AvgIpc) is 2.38. The van der Waals surface area contributed by atoms with Crippen molar-refractivity contribution in [3.63, 3.8) is 0 Å². The van der Waals surface area contributed by atoms with Gasteiger partial charge in [-0.05, 0) is 24.3 Å². The maximum atomic E-state index is 12.2. The van der Waals surface area contributed by atoms with E-state index in [-0.39, 0.29) is 11.3 Å². The Morgan fingerprint density at radius 3 is 2.28 bits per heavy atom. The minimum absolute atomic E-state index is 0.105. The molecule has 4 heteroatoms. The number of ketones is 1. The van der Waals surface area contributed by atoms with E-state index in [0.717, 1.165) is 0 Å². The van der Waals surface area contributed by atoms with Crippen molar-refractivity contribution >= 4 is 27.7 Å². The third kappa shape index (κ3) is 2.49. The van der Waals surface area contributed by atoms with Gasteiger partial charge in [0, 0.05) is 15.6 Å². The summed E-state index contributed by atoms with van der Waals surface area (Å²) in [4.78, 5) is 23.1. The number of carbonyl (C=O) groups is 2. The Bertz CT molecular complexity index is 620. The molecule has 0 aliphatic rings. The normalized spacial score (nSPS) is 10.1. The van der Waals surface area contributed by atoms with Crippen LogP contribution >= 0.6 is 15.9 Å². The van der Waals surface area contributed by atoms with Gasteiger partial charge in [-0.25, -0.2) is 4.79 Å². The maximum Gasteiger partial charge on any atom is 0.335 e. The summed E-state index contributed by atoms with van der Waals surface area (Å²) in [5.74, 6) is -1.25. The molecular weight excluding hydrogens is 296 g/mol. The quantitative estimate of drug-likeness (QED) is 0.884. The molecule has 0 saturated heterocycles. The molecule has 0 fully saturated rings. The van der Waals surface area contributed by atoms with Crippen LogP contribution < -0.4 is 0 Å². The standard InChI is InChI=1S/C14H9BrO3/c15-12-7-2-1-6-11(12)13(16)9-4-3-5-10(8-9)14(17)18/h1-8H,(H,17,18). The zero-order valence-electron chi connectivity index (χ0n) is 9.26. The Hall–Kier alpha value is -1.94. The topological polar surface area (TPSA) is 54.4 Å². The molecule has 0 radical (unpaired) electrons. The van der Waals surface area contributed by atoms with Crippen LogP contribution in [-0.2, 0) is 0 Å². The first kappa shape index (κ1) is 12.5. The molecule has 0 amide bonds. The highest BCUT2D eigenvalue weighted by atomic mass is 79.9. The summed E-state index contributed by atoms with van der Waals surface area (Å²) in [6.07, 6.45) is 0. The summed E-state index contributed by atoms with van der Waals surface area (Å²) in [6, 6.07) is 13.0. The Kier molecular flexibility index (Phi) is 3.58. The fourth-order valence-electron chi connectivity index (χ4n) is 1.59. The molecular formula is C14H9BrO3. The fourth-order valence-corrected chi connectivity index (χ4v) is 2.06. The smallest absolute Gasteiger partial charge is 0.335 e. The van der Waals surface area contributed by atoms with Crippen LogP contribution in [-0.4, -0.2) is 16.9 Å². The first-order chi connectivity index (χ1) is 8.59. The van der Waals surface area contributed by atoms with E-state index in [1.54, 1.807) is 30.3 Å². The molecule has 18 heavy (non-hydrogen) atoms. The van der Waals surface area contributed by atoms with E-state index in [1.165, 1.54) is 12.1 Å². The number of benzene rings is 2. The summed E-state index contributed by atoms with van der Waals surface area (Å²) in [5.41, 5.74) is 0.981. The van der Waals surface area contributed by atoms with Crippen LogP contribution in [0.25, 0.3) is 0 Å². The lowest BCUT2D eigenvalue weighted by Gasteiger charge is -2.04. The van der Waals surface area contributed by atoms with Gasteiger partial charge >= 0.3 is 5.97 Å². The third-order valence-electron chi connectivity index (χ3n) is 2.49. The predicted octanol–water partition coefficient (Wildman–Crippen LogP) is 3.38. The molecule has 1 N–H and O–H groups in total. The highest BCUT2D eigenvalue weighted by Crippen LogP contribution is 2.20. The van der Waals surface area contributed by atoms with Crippen molar-refractivity contribution < 1.29 is 14.7 Å². The first-order valence-corrected chi connectivity index (χ1v) is 6.01. The number of aromatic carboxylic acids is 1. The highest BCUT2D eigenvalue weighted by Gasteiger charge is 2.13. The molecule has 0 atom stereocenters. The molecule has 0 aliphatic carbocycles. The summed E-state index contributed by atoms with van der Waals surface area (Å²) < 4.78 is 0.690. The Morgan fingerprint density at radius 2 is 1.61 bits per heavy atom. The Balaban J connectivity index is 2.44. The second kappa shape index (κ2) is 5.14. The second-order valence-electron chi connectivity index (χ2n) is 3.69. The predicted molar refractivity (Wildman–Crippen MR) is 71.0 cm³/mol. The second-order valence-corrected chi connectivity index (χ2v) is 4.55. The largest absolute Gasteiger partial charge is 0.478 e. The van der Waals surface area contributed by atoms with Gasteiger partial charge in [-0.1, -0.05) is 40.2 Å². The first-order valence-electron chi connectivity index (χ1n) is 5.22. The number of carbonyl (C=O) groups excluding carboxylic acids is 1. The molecule has 90 valence electrons. The van der Waals surface area contributed by atoms with E-state index >= 15 is 0 Å². The number of hydrogen-bond acceptors (Lipinski definition) is 2. The molecule has 0 unspecified atom stereocenters. The lowest BCUT2D eigenvalue weighted by Crippen LogP contribution is -2.04. The minimum atomic E-state index is -1.04. The Labute approximate surface area is 112 Å². The van der Waals surface area contributed by atoms with Crippen LogP contribution in [0, 0.1) is 0 Å². The SMILES string of the molecule is O=C(O)c1cccc(C(=O)c2ccccc2Br)c1. The number of carboxylic acid groups (broad SMARTS) is 1. The minimum Gasteiger partial charge on any atom is -0.478 e. The van der Waals surface area contributed by atoms with E-state index in [1.807, 2.05) is 6.07 Å². The van der Waals surface area contributed by atoms with Gasteiger partial charge in [0.2, 0.25) is 0 Å². The molecule has 0 saturated carbocycles. The van der Waals surface area contributed by atoms with Crippen molar-refractivity contribution in [2.24, 2.45) is 0 Å². The number of rotatable bonds is 3. The Morgan fingerprint density at radius 1 is 0.944 bits per heavy atom.